The monoisotopic (exact) mass is 386 g/mol. The maximum absolute atomic E-state index is 13.5. The molecule has 0 aliphatic carbocycles. The summed E-state index contributed by atoms with van der Waals surface area (Å²) in [5, 5.41) is 10.2. The van der Waals surface area contributed by atoms with Crippen molar-refractivity contribution in [3.8, 4) is 0 Å². The standard InChI is InChI=1S/C24H22N2O3/c1-25(2)17-14-12-16(13-15-17)22-21(24(28)29)19-10-6-7-11-20(19)23(27)26(22)18-8-4-3-5-9-18/h3-15,21-22H,1-2H3,(H,28,29)/t21-,22-/m1/s1. The molecule has 0 saturated carbocycles. The summed E-state index contributed by atoms with van der Waals surface area (Å²) in [5.41, 5.74) is 3.47. The molecule has 1 N–H and O–H groups in total. The van der Waals surface area contributed by atoms with Gasteiger partial charge in [-0.3, -0.25) is 14.5 Å². The van der Waals surface area contributed by atoms with Crippen LogP contribution in [0.3, 0.4) is 0 Å². The van der Waals surface area contributed by atoms with Crippen LogP contribution in [0.15, 0.2) is 78.9 Å². The Bertz CT molecular complexity index is 1050. The first-order valence-corrected chi connectivity index (χ1v) is 9.46. The molecule has 1 aliphatic heterocycles. The molecule has 5 nitrogen and oxygen atoms in total. The van der Waals surface area contributed by atoms with Crippen molar-refractivity contribution in [2.45, 2.75) is 12.0 Å². The van der Waals surface area contributed by atoms with Gasteiger partial charge in [0.1, 0.15) is 5.92 Å². The number of carboxylic acids is 1. The number of carbonyl (C=O) groups excluding carboxylic acids is 1. The van der Waals surface area contributed by atoms with Crippen LogP contribution in [-0.2, 0) is 4.79 Å². The highest BCUT2D eigenvalue weighted by molar-refractivity contribution is 6.10. The molecule has 146 valence electrons. The van der Waals surface area contributed by atoms with Gasteiger partial charge in [-0.2, -0.15) is 0 Å². The fraction of sp³-hybridized carbons (Fsp3) is 0.167. The zero-order chi connectivity index (χ0) is 20.5. The normalized spacial score (nSPS) is 18.3. The number of anilines is 2. The third-order valence-corrected chi connectivity index (χ3v) is 5.39. The highest BCUT2D eigenvalue weighted by atomic mass is 16.4. The second-order valence-corrected chi connectivity index (χ2v) is 7.34. The second-order valence-electron chi connectivity index (χ2n) is 7.34. The lowest BCUT2D eigenvalue weighted by Crippen LogP contribution is -2.45. The van der Waals surface area contributed by atoms with E-state index in [0.29, 0.717) is 16.8 Å². The first kappa shape index (κ1) is 18.7. The van der Waals surface area contributed by atoms with Crippen LogP contribution in [0.5, 0.6) is 0 Å². The van der Waals surface area contributed by atoms with Gasteiger partial charge in [0.2, 0.25) is 0 Å². The van der Waals surface area contributed by atoms with Crippen LogP contribution in [0.1, 0.15) is 33.4 Å². The lowest BCUT2D eigenvalue weighted by atomic mass is 9.79. The number of aliphatic carboxylic acids is 1. The summed E-state index contributed by atoms with van der Waals surface area (Å²) in [6, 6.07) is 23.3. The quantitative estimate of drug-likeness (QED) is 0.725. The van der Waals surface area contributed by atoms with Gasteiger partial charge < -0.3 is 10.0 Å². The van der Waals surface area contributed by atoms with E-state index in [-0.39, 0.29) is 5.91 Å². The van der Waals surface area contributed by atoms with Gasteiger partial charge >= 0.3 is 5.97 Å². The van der Waals surface area contributed by atoms with E-state index in [1.807, 2.05) is 73.6 Å². The smallest absolute Gasteiger partial charge is 0.313 e. The Morgan fingerprint density at radius 2 is 1.52 bits per heavy atom. The minimum Gasteiger partial charge on any atom is -0.481 e. The van der Waals surface area contributed by atoms with Crippen LogP contribution in [0, 0.1) is 0 Å². The number of nitrogens with zero attached hydrogens (tertiary/aromatic N) is 2. The number of carbonyl (C=O) groups is 2. The number of para-hydroxylation sites is 1. The molecule has 0 aromatic heterocycles. The largest absolute Gasteiger partial charge is 0.481 e. The maximum Gasteiger partial charge on any atom is 0.313 e. The topological polar surface area (TPSA) is 60.9 Å². The number of hydrogen-bond donors (Lipinski definition) is 1. The number of benzene rings is 3. The fourth-order valence-corrected chi connectivity index (χ4v) is 3.98. The van der Waals surface area contributed by atoms with E-state index in [1.54, 1.807) is 29.2 Å². The molecule has 1 aliphatic rings. The molecule has 5 heteroatoms. The van der Waals surface area contributed by atoms with E-state index in [9.17, 15) is 14.7 Å². The Morgan fingerprint density at radius 1 is 0.897 bits per heavy atom. The van der Waals surface area contributed by atoms with Crippen LogP contribution in [0.25, 0.3) is 0 Å². The van der Waals surface area contributed by atoms with Crippen molar-refractivity contribution in [1.29, 1.82) is 0 Å². The SMILES string of the molecule is CN(C)c1ccc([C@@H]2[C@H](C(=O)O)c3ccccc3C(=O)N2c2ccccc2)cc1. The molecule has 0 fully saturated rings. The Labute approximate surface area is 169 Å². The lowest BCUT2D eigenvalue weighted by molar-refractivity contribution is -0.139. The number of carboxylic acid groups (broad SMARTS) is 1. The molecular weight excluding hydrogens is 364 g/mol. The van der Waals surface area contributed by atoms with Crippen LogP contribution in [-0.4, -0.2) is 31.1 Å². The average molecular weight is 386 g/mol. The van der Waals surface area contributed by atoms with Crippen molar-refractivity contribution in [1.82, 2.24) is 0 Å². The van der Waals surface area contributed by atoms with Gasteiger partial charge in [-0.05, 0) is 41.5 Å². The summed E-state index contributed by atoms with van der Waals surface area (Å²) < 4.78 is 0. The van der Waals surface area contributed by atoms with Crippen molar-refractivity contribution in [2.24, 2.45) is 0 Å². The summed E-state index contributed by atoms with van der Waals surface area (Å²) in [7, 11) is 3.90. The molecule has 1 heterocycles. The van der Waals surface area contributed by atoms with Crippen LogP contribution in [0.2, 0.25) is 0 Å². The Morgan fingerprint density at radius 3 is 2.14 bits per heavy atom. The van der Waals surface area contributed by atoms with Crippen LogP contribution >= 0.6 is 0 Å². The van der Waals surface area contributed by atoms with E-state index in [0.717, 1.165) is 11.3 Å². The van der Waals surface area contributed by atoms with E-state index < -0.39 is 17.9 Å². The molecular formula is C24H22N2O3. The van der Waals surface area contributed by atoms with Gasteiger partial charge in [-0.1, -0.05) is 48.5 Å². The van der Waals surface area contributed by atoms with E-state index in [2.05, 4.69) is 0 Å². The molecule has 2 atom stereocenters. The number of fused-ring (bicyclic) bond motifs is 1. The van der Waals surface area contributed by atoms with E-state index in [4.69, 9.17) is 0 Å². The lowest BCUT2D eigenvalue weighted by Gasteiger charge is -2.41. The van der Waals surface area contributed by atoms with Gasteiger partial charge in [0.05, 0.1) is 6.04 Å². The van der Waals surface area contributed by atoms with Crippen LogP contribution < -0.4 is 9.80 Å². The van der Waals surface area contributed by atoms with Crippen molar-refractivity contribution >= 4 is 23.3 Å². The predicted octanol–water partition coefficient (Wildman–Crippen LogP) is 4.32. The molecule has 0 spiro atoms. The molecule has 0 radical (unpaired) electrons. The summed E-state index contributed by atoms with van der Waals surface area (Å²) in [5.74, 6) is -2.01. The first-order chi connectivity index (χ1) is 14.0. The van der Waals surface area contributed by atoms with Crippen molar-refractivity contribution in [3.05, 3.63) is 95.6 Å². The van der Waals surface area contributed by atoms with E-state index >= 15 is 0 Å². The summed E-state index contributed by atoms with van der Waals surface area (Å²) >= 11 is 0. The molecule has 1 amide bonds. The molecule has 0 unspecified atom stereocenters. The Balaban J connectivity index is 1.94. The number of hydrogen-bond acceptors (Lipinski definition) is 3. The van der Waals surface area contributed by atoms with Crippen LogP contribution in [0.4, 0.5) is 11.4 Å². The highest BCUT2D eigenvalue weighted by Crippen LogP contribution is 2.45. The third-order valence-electron chi connectivity index (χ3n) is 5.39. The highest BCUT2D eigenvalue weighted by Gasteiger charge is 2.44. The zero-order valence-electron chi connectivity index (χ0n) is 16.3. The average Bonchev–Trinajstić information content (AvgIpc) is 2.74. The molecule has 0 bridgehead atoms. The molecule has 0 saturated heterocycles. The van der Waals surface area contributed by atoms with E-state index in [1.165, 1.54) is 0 Å². The first-order valence-electron chi connectivity index (χ1n) is 9.46. The minimum absolute atomic E-state index is 0.189. The second kappa shape index (κ2) is 7.43. The predicted molar refractivity (Wildman–Crippen MR) is 114 cm³/mol. The maximum atomic E-state index is 13.5. The third kappa shape index (κ3) is 3.25. The van der Waals surface area contributed by atoms with Crippen molar-refractivity contribution in [2.75, 3.05) is 23.9 Å². The van der Waals surface area contributed by atoms with Gasteiger partial charge in [-0.25, -0.2) is 0 Å². The van der Waals surface area contributed by atoms with Crippen molar-refractivity contribution in [3.63, 3.8) is 0 Å². The van der Waals surface area contributed by atoms with Gasteiger partial charge in [0.25, 0.3) is 5.91 Å². The Hall–Kier alpha value is -3.60. The molecule has 4 rings (SSSR count). The van der Waals surface area contributed by atoms with Gasteiger partial charge in [0, 0.05) is 31.0 Å². The molecule has 3 aromatic carbocycles. The van der Waals surface area contributed by atoms with Gasteiger partial charge in [0.15, 0.2) is 0 Å². The zero-order valence-corrected chi connectivity index (χ0v) is 16.3. The number of rotatable bonds is 4. The summed E-state index contributed by atoms with van der Waals surface area (Å²) in [6.07, 6.45) is 0. The summed E-state index contributed by atoms with van der Waals surface area (Å²) in [6.45, 7) is 0. The minimum atomic E-state index is -0.951. The molecule has 3 aromatic rings. The van der Waals surface area contributed by atoms with Crippen molar-refractivity contribution < 1.29 is 14.7 Å². The fourth-order valence-electron chi connectivity index (χ4n) is 3.98. The number of amides is 1. The summed E-state index contributed by atoms with van der Waals surface area (Å²) in [4.78, 5) is 29.5. The van der Waals surface area contributed by atoms with Gasteiger partial charge in [-0.15, -0.1) is 0 Å². The Kier molecular flexibility index (Phi) is 4.80. The molecule has 29 heavy (non-hydrogen) atoms.